The number of aryl methyl sites for hydroxylation is 1. The van der Waals surface area contributed by atoms with Gasteiger partial charge in [-0.25, -0.2) is 5.01 Å². The lowest BCUT2D eigenvalue weighted by atomic mass is 10.1. The smallest absolute Gasteiger partial charge is 0.251 e. The van der Waals surface area contributed by atoms with Crippen molar-refractivity contribution in [3.05, 3.63) is 35.9 Å². The van der Waals surface area contributed by atoms with Crippen molar-refractivity contribution in [2.24, 2.45) is 5.73 Å². The third kappa shape index (κ3) is 4.65. The van der Waals surface area contributed by atoms with Crippen LogP contribution in [0.2, 0.25) is 0 Å². The van der Waals surface area contributed by atoms with E-state index in [9.17, 15) is 4.79 Å². The van der Waals surface area contributed by atoms with Gasteiger partial charge in [0.1, 0.15) is 0 Å². The minimum Gasteiger partial charge on any atom is -0.320 e. The first-order chi connectivity index (χ1) is 9.25. The van der Waals surface area contributed by atoms with E-state index in [1.807, 2.05) is 23.2 Å². The summed E-state index contributed by atoms with van der Waals surface area (Å²) in [7, 11) is 0. The van der Waals surface area contributed by atoms with Gasteiger partial charge in [0.15, 0.2) is 0 Å². The second kappa shape index (κ2) is 7.26. The highest BCUT2D eigenvalue weighted by Gasteiger charge is 2.17. The van der Waals surface area contributed by atoms with E-state index < -0.39 is 6.04 Å². The van der Waals surface area contributed by atoms with Crippen LogP contribution in [0.25, 0.3) is 0 Å². The lowest BCUT2D eigenvalue weighted by Gasteiger charge is -2.28. The topological polar surface area (TPSA) is 58.4 Å². The SMILES string of the molecule is N[C@@H](CCc1ccccc1)C(=O)NN1CCCCC1. The average molecular weight is 261 g/mol. The molecule has 0 bridgehead atoms. The Balaban J connectivity index is 1.72. The van der Waals surface area contributed by atoms with Gasteiger partial charge in [-0.15, -0.1) is 0 Å². The third-order valence-electron chi connectivity index (χ3n) is 3.55. The number of benzene rings is 1. The number of nitrogens with zero attached hydrogens (tertiary/aromatic N) is 1. The zero-order chi connectivity index (χ0) is 13.5. The summed E-state index contributed by atoms with van der Waals surface area (Å²) in [5.74, 6) is -0.0576. The maximum Gasteiger partial charge on any atom is 0.251 e. The van der Waals surface area contributed by atoms with E-state index in [0.29, 0.717) is 6.42 Å². The summed E-state index contributed by atoms with van der Waals surface area (Å²) in [6, 6.07) is 9.71. The Morgan fingerprint density at radius 1 is 1.21 bits per heavy atom. The summed E-state index contributed by atoms with van der Waals surface area (Å²) in [4.78, 5) is 12.0. The number of hydrogen-bond donors (Lipinski definition) is 2. The van der Waals surface area contributed by atoms with Gasteiger partial charge in [0.2, 0.25) is 0 Å². The molecule has 1 aliphatic rings. The molecule has 1 aromatic rings. The molecule has 2 rings (SSSR count). The molecular formula is C15H23N3O. The van der Waals surface area contributed by atoms with Gasteiger partial charge in [-0.1, -0.05) is 36.8 Å². The van der Waals surface area contributed by atoms with E-state index in [4.69, 9.17) is 5.73 Å². The largest absolute Gasteiger partial charge is 0.320 e. The van der Waals surface area contributed by atoms with E-state index in [0.717, 1.165) is 32.4 Å². The van der Waals surface area contributed by atoms with Crippen LogP contribution >= 0.6 is 0 Å². The fraction of sp³-hybridized carbons (Fsp3) is 0.533. The third-order valence-corrected chi connectivity index (χ3v) is 3.55. The molecule has 0 unspecified atom stereocenters. The van der Waals surface area contributed by atoms with Gasteiger partial charge in [-0.05, 0) is 31.2 Å². The Morgan fingerprint density at radius 2 is 1.89 bits per heavy atom. The van der Waals surface area contributed by atoms with Crippen molar-refractivity contribution in [3.63, 3.8) is 0 Å². The lowest BCUT2D eigenvalue weighted by molar-refractivity contribution is -0.127. The van der Waals surface area contributed by atoms with Gasteiger partial charge in [-0.2, -0.15) is 0 Å². The van der Waals surface area contributed by atoms with Crippen molar-refractivity contribution in [1.29, 1.82) is 0 Å². The van der Waals surface area contributed by atoms with Crippen LogP contribution in [0.1, 0.15) is 31.2 Å². The highest BCUT2D eigenvalue weighted by molar-refractivity contribution is 5.80. The molecule has 0 spiro atoms. The molecule has 0 radical (unpaired) electrons. The molecule has 1 fully saturated rings. The molecule has 3 N–H and O–H groups in total. The molecule has 1 amide bonds. The second-order valence-corrected chi connectivity index (χ2v) is 5.15. The van der Waals surface area contributed by atoms with Gasteiger partial charge in [0.25, 0.3) is 5.91 Å². The summed E-state index contributed by atoms with van der Waals surface area (Å²) in [5.41, 5.74) is 10.1. The van der Waals surface area contributed by atoms with Crippen LogP contribution in [0, 0.1) is 0 Å². The van der Waals surface area contributed by atoms with Crippen molar-refractivity contribution < 1.29 is 4.79 Å². The maximum absolute atomic E-state index is 12.0. The van der Waals surface area contributed by atoms with E-state index in [-0.39, 0.29) is 5.91 Å². The molecule has 0 saturated carbocycles. The molecule has 104 valence electrons. The molecule has 0 aromatic heterocycles. The number of hydrazine groups is 1. The van der Waals surface area contributed by atoms with Gasteiger partial charge in [0.05, 0.1) is 6.04 Å². The monoisotopic (exact) mass is 261 g/mol. The number of hydrogen-bond acceptors (Lipinski definition) is 3. The second-order valence-electron chi connectivity index (χ2n) is 5.15. The number of nitrogens with one attached hydrogen (secondary N) is 1. The van der Waals surface area contributed by atoms with Crippen molar-refractivity contribution in [3.8, 4) is 0 Å². The van der Waals surface area contributed by atoms with Gasteiger partial charge < -0.3 is 5.73 Å². The Labute approximate surface area is 114 Å². The van der Waals surface area contributed by atoms with Crippen molar-refractivity contribution in [1.82, 2.24) is 10.4 Å². The highest BCUT2D eigenvalue weighted by atomic mass is 16.2. The number of nitrogens with two attached hydrogens (primary N) is 1. The molecule has 19 heavy (non-hydrogen) atoms. The van der Waals surface area contributed by atoms with E-state index in [2.05, 4.69) is 17.6 Å². The summed E-state index contributed by atoms with van der Waals surface area (Å²) >= 11 is 0. The zero-order valence-corrected chi connectivity index (χ0v) is 11.3. The van der Waals surface area contributed by atoms with Crippen molar-refractivity contribution in [2.75, 3.05) is 13.1 Å². The zero-order valence-electron chi connectivity index (χ0n) is 11.3. The minimum atomic E-state index is -0.429. The van der Waals surface area contributed by atoms with Crippen molar-refractivity contribution >= 4 is 5.91 Å². The van der Waals surface area contributed by atoms with E-state index in [1.165, 1.54) is 12.0 Å². The van der Waals surface area contributed by atoms with Gasteiger partial charge >= 0.3 is 0 Å². The Bertz CT molecular complexity index is 388. The Morgan fingerprint density at radius 3 is 2.58 bits per heavy atom. The quantitative estimate of drug-likeness (QED) is 0.843. The summed E-state index contributed by atoms with van der Waals surface area (Å²) in [6.45, 7) is 1.88. The molecule has 4 nitrogen and oxygen atoms in total. The number of amides is 1. The molecule has 1 saturated heterocycles. The molecule has 4 heteroatoms. The van der Waals surface area contributed by atoms with Crippen LogP contribution in [0.15, 0.2) is 30.3 Å². The molecule has 1 atom stereocenters. The summed E-state index contributed by atoms with van der Waals surface area (Å²) in [6.07, 6.45) is 5.09. The maximum atomic E-state index is 12.0. The Hall–Kier alpha value is -1.39. The minimum absolute atomic E-state index is 0.0576. The summed E-state index contributed by atoms with van der Waals surface area (Å²) < 4.78 is 0. The first kappa shape index (κ1) is 14.0. The standard InChI is InChI=1S/C15H23N3O/c16-14(10-9-13-7-3-1-4-8-13)15(19)17-18-11-5-2-6-12-18/h1,3-4,7-8,14H,2,5-6,9-12,16H2,(H,17,19)/t14-/m0/s1. The predicted molar refractivity (Wildman–Crippen MR) is 76.3 cm³/mol. The van der Waals surface area contributed by atoms with Crippen LogP contribution in [-0.2, 0) is 11.2 Å². The number of carbonyl (C=O) groups excluding carboxylic acids is 1. The summed E-state index contributed by atoms with van der Waals surface area (Å²) in [5, 5.41) is 1.99. The molecule has 1 heterocycles. The fourth-order valence-corrected chi connectivity index (χ4v) is 2.34. The lowest BCUT2D eigenvalue weighted by Crippen LogP contribution is -2.51. The predicted octanol–water partition coefficient (Wildman–Crippen LogP) is 1.46. The first-order valence-electron chi connectivity index (χ1n) is 7.10. The van der Waals surface area contributed by atoms with Gasteiger partial charge in [0, 0.05) is 13.1 Å². The molecular weight excluding hydrogens is 238 g/mol. The van der Waals surface area contributed by atoms with Crippen molar-refractivity contribution in [2.45, 2.75) is 38.1 Å². The first-order valence-corrected chi connectivity index (χ1v) is 7.10. The molecule has 1 aromatic carbocycles. The number of rotatable bonds is 5. The van der Waals surface area contributed by atoms with Crippen LogP contribution in [0.3, 0.4) is 0 Å². The average Bonchev–Trinajstić information content (AvgIpc) is 2.47. The normalized spacial score (nSPS) is 17.9. The molecule has 0 aliphatic carbocycles. The Kier molecular flexibility index (Phi) is 5.36. The highest BCUT2D eigenvalue weighted by Crippen LogP contribution is 2.07. The fourth-order valence-electron chi connectivity index (χ4n) is 2.34. The number of piperidine rings is 1. The van der Waals surface area contributed by atoms with Gasteiger partial charge in [-0.3, -0.25) is 10.2 Å². The van der Waals surface area contributed by atoms with Crippen LogP contribution in [0.4, 0.5) is 0 Å². The number of carbonyl (C=O) groups is 1. The van der Waals surface area contributed by atoms with Crippen LogP contribution in [-0.4, -0.2) is 30.0 Å². The van der Waals surface area contributed by atoms with Crippen LogP contribution in [0.5, 0.6) is 0 Å². The van der Waals surface area contributed by atoms with E-state index >= 15 is 0 Å². The van der Waals surface area contributed by atoms with E-state index in [1.54, 1.807) is 0 Å². The van der Waals surface area contributed by atoms with Crippen LogP contribution < -0.4 is 11.2 Å². The molecule has 1 aliphatic heterocycles.